The van der Waals surface area contributed by atoms with Crippen LogP contribution in [0.1, 0.15) is 18.4 Å². The summed E-state index contributed by atoms with van der Waals surface area (Å²) in [6.45, 7) is 0.565. The number of benzene rings is 2. The maximum atomic E-state index is 12.1. The molecule has 0 saturated heterocycles. The first-order valence-corrected chi connectivity index (χ1v) is 10.6. The Morgan fingerprint density at radius 1 is 1.14 bits per heavy atom. The van der Waals surface area contributed by atoms with Crippen molar-refractivity contribution in [3.63, 3.8) is 0 Å². The Morgan fingerprint density at radius 2 is 1.86 bits per heavy atom. The molecule has 1 N–H and O–H groups in total. The Balaban J connectivity index is 1.87. The Kier molecular flexibility index (Phi) is 7.51. The number of anilines is 1. The summed E-state index contributed by atoms with van der Waals surface area (Å²) >= 11 is 0. The van der Waals surface area contributed by atoms with Gasteiger partial charge in [-0.25, -0.2) is 8.42 Å². The number of amides is 1. The van der Waals surface area contributed by atoms with Crippen LogP contribution in [0.4, 0.5) is 11.4 Å². The van der Waals surface area contributed by atoms with Gasteiger partial charge in [0.25, 0.3) is 5.69 Å². The highest BCUT2D eigenvalue weighted by Gasteiger charge is 2.19. The number of hydrogen-bond acceptors (Lipinski definition) is 5. The standard InChI is InChI=1S/C19H23N3O5S/c1-28(26,27)21(17-9-5-10-18(15-17)22(24)25)14-6-11-19(23)20-13-12-16-7-3-2-4-8-16/h2-5,7-10,15H,6,11-14H2,1H3,(H,20,23). The number of hydrogen-bond donors (Lipinski definition) is 1. The molecule has 0 unspecified atom stereocenters. The van der Waals surface area contributed by atoms with E-state index < -0.39 is 14.9 Å². The third-order valence-corrected chi connectivity index (χ3v) is 5.27. The summed E-state index contributed by atoms with van der Waals surface area (Å²) in [6, 6.07) is 15.2. The Morgan fingerprint density at radius 3 is 2.50 bits per heavy atom. The number of rotatable bonds is 10. The van der Waals surface area contributed by atoms with Gasteiger partial charge in [-0.05, 0) is 24.5 Å². The topological polar surface area (TPSA) is 110 Å². The number of carbonyl (C=O) groups excluding carboxylic acids is 1. The first-order valence-electron chi connectivity index (χ1n) is 8.80. The molecule has 0 radical (unpaired) electrons. The van der Waals surface area contributed by atoms with Crippen LogP contribution in [-0.2, 0) is 21.2 Å². The molecule has 0 aliphatic carbocycles. The number of carbonyl (C=O) groups is 1. The first kappa shape index (κ1) is 21.4. The highest BCUT2D eigenvalue weighted by molar-refractivity contribution is 7.92. The zero-order chi connectivity index (χ0) is 20.6. The lowest BCUT2D eigenvalue weighted by atomic mass is 10.1. The number of nitro groups is 1. The molecule has 8 nitrogen and oxygen atoms in total. The minimum Gasteiger partial charge on any atom is -0.356 e. The molecule has 0 spiro atoms. The van der Waals surface area contributed by atoms with E-state index in [0.29, 0.717) is 13.0 Å². The lowest BCUT2D eigenvalue weighted by molar-refractivity contribution is -0.384. The molecule has 0 aromatic heterocycles. The molecule has 150 valence electrons. The molecule has 0 aliphatic heterocycles. The summed E-state index contributed by atoms with van der Waals surface area (Å²) in [5.74, 6) is -0.163. The minimum atomic E-state index is -3.63. The van der Waals surface area contributed by atoms with Gasteiger partial charge in [-0.15, -0.1) is 0 Å². The fourth-order valence-corrected chi connectivity index (χ4v) is 3.67. The molecule has 0 aliphatic rings. The van der Waals surface area contributed by atoms with Crippen LogP contribution in [0.3, 0.4) is 0 Å². The van der Waals surface area contributed by atoms with Crippen molar-refractivity contribution < 1.29 is 18.1 Å². The third kappa shape index (κ3) is 6.66. The van der Waals surface area contributed by atoms with E-state index in [2.05, 4.69) is 5.32 Å². The molecular formula is C19H23N3O5S. The van der Waals surface area contributed by atoms with Crippen LogP contribution < -0.4 is 9.62 Å². The van der Waals surface area contributed by atoms with Crippen LogP contribution in [0.15, 0.2) is 54.6 Å². The largest absolute Gasteiger partial charge is 0.356 e. The van der Waals surface area contributed by atoms with Gasteiger partial charge in [0.05, 0.1) is 16.9 Å². The third-order valence-electron chi connectivity index (χ3n) is 4.07. The zero-order valence-corrected chi connectivity index (χ0v) is 16.4. The van der Waals surface area contributed by atoms with E-state index in [0.717, 1.165) is 22.5 Å². The predicted molar refractivity (Wildman–Crippen MR) is 108 cm³/mol. The van der Waals surface area contributed by atoms with Crippen molar-refractivity contribution in [1.82, 2.24) is 5.32 Å². The van der Waals surface area contributed by atoms with Gasteiger partial charge in [-0.3, -0.25) is 19.2 Å². The van der Waals surface area contributed by atoms with E-state index in [4.69, 9.17) is 0 Å². The van der Waals surface area contributed by atoms with E-state index in [1.165, 1.54) is 24.3 Å². The van der Waals surface area contributed by atoms with Crippen LogP contribution in [0.5, 0.6) is 0 Å². The van der Waals surface area contributed by atoms with E-state index >= 15 is 0 Å². The van der Waals surface area contributed by atoms with Gasteiger partial charge in [0.2, 0.25) is 15.9 Å². The van der Waals surface area contributed by atoms with Gasteiger partial charge in [-0.2, -0.15) is 0 Å². The SMILES string of the molecule is CS(=O)(=O)N(CCCC(=O)NCCc1ccccc1)c1cccc([N+](=O)[O-])c1. The van der Waals surface area contributed by atoms with Gasteiger partial charge in [0, 0.05) is 31.6 Å². The summed E-state index contributed by atoms with van der Waals surface area (Å²) in [7, 11) is -3.63. The molecule has 0 heterocycles. The Hall–Kier alpha value is -2.94. The molecule has 2 rings (SSSR count). The number of nitrogens with one attached hydrogen (secondary N) is 1. The fourth-order valence-electron chi connectivity index (χ4n) is 2.71. The van der Waals surface area contributed by atoms with Gasteiger partial charge >= 0.3 is 0 Å². The predicted octanol–water partition coefficient (Wildman–Crippen LogP) is 2.50. The Bertz CT molecular complexity index is 916. The average molecular weight is 405 g/mol. The highest BCUT2D eigenvalue weighted by atomic mass is 32.2. The van der Waals surface area contributed by atoms with Crippen molar-refractivity contribution in [2.24, 2.45) is 0 Å². The van der Waals surface area contributed by atoms with Crippen LogP contribution in [0.25, 0.3) is 0 Å². The molecule has 0 saturated carbocycles. The normalized spacial score (nSPS) is 11.0. The van der Waals surface area contributed by atoms with Gasteiger partial charge in [-0.1, -0.05) is 36.4 Å². The second-order valence-electron chi connectivity index (χ2n) is 6.30. The molecular weight excluding hydrogens is 382 g/mol. The van der Waals surface area contributed by atoms with Crippen LogP contribution >= 0.6 is 0 Å². The van der Waals surface area contributed by atoms with Gasteiger partial charge in [0.15, 0.2) is 0 Å². The molecule has 1 amide bonds. The molecule has 9 heteroatoms. The molecule has 2 aromatic carbocycles. The second-order valence-corrected chi connectivity index (χ2v) is 8.21. The van der Waals surface area contributed by atoms with E-state index in [9.17, 15) is 23.3 Å². The summed E-state index contributed by atoms with van der Waals surface area (Å²) < 4.78 is 25.2. The van der Waals surface area contributed by atoms with Crippen LogP contribution in [0, 0.1) is 10.1 Å². The van der Waals surface area contributed by atoms with Crippen LogP contribution in [-0.4, -0.2) is 38.6 Å². The zero-order valence-electron chi connectivity index (χ0n) is 15.6. The lowest BCUT2D eigenvalue weighted by Crippen LogP contribution is -2.32. The summed E-state index contributed by atoms with van der Waals surface area (Å²) in [5.41, 5.74) is 1.14. The fraction of sp³-hybridized carbons (Fsp3) is 0.316. The number of non-ortho nitro benzene ring substituents is 1. The molecule has 0 atom stereocenters. The summed E-state index contributed by atoms with van der Waals surface area (Å²) in [4.78, 5) is 22.3. The van der Waals surface area contributed by atoms with Crippen molar-refractivity contribution >= 4 is 27.3 Å². The summed E-state index contributed by atoms with van der Waals surface area (Å²) in [5, 5.41) is 13.7. The molecule has 28 heavy (non-hydrogen) atoms. The molecule has 0 fully saturated rings. The number of nitrogens with zero attached hydrogens (tertiary/aromatic N) is 2. The summed E-state index contributed by atoms with van der Waals surface area (Å²) in [6.07, 6.45) is 2.21. The van der Waals surface area contributed by atoms with Crippen molar-refractivity contribution in [3.8, 4) is 0 Å². The molecule has 2 aromatic rings. The first-order chi connectivity index (χ1) is 13.3. The van der Waals surface area contributed by atoms with Crippen molar-refractivity contribution in [3.05, 3.63) is 70.3 Å². The number of nitro benzene ring substituents is 1. The second kappa shape index (κ2) is 9.84. The smallest absolute Gasteiger partial charge is 0.271 e. The highest BCUT2D eigenvalue weighted by Crippen LogP contribution is 2.23. The van der Waals surface area contributed by atoms with Crippen LogP contribution in [0.2, 0.25) is 0 Å². The maximum Gasteiger partial charge on any atom is 0.271 e. The quantitative estimate of drug-likeness (QED) is 0.482. The number of sulfonamides is 1. The van der Waals surface area contributed by atoms with E-state index in [1.807, 2.05) is 30.3 Å². The van der Waals surface area contributed by atoms with Gasteiger partial charge < -0.3 is 5.32 Å². The lowest BCUT2D eigenvalue weighted by Gasteiger charge is -2.22. The van der Waals surface area contributed by atoms with E-state index in [-0.39, 0.29) is 30.2 Å². The minimum absolute atomic E-state index is 0.0616. The van der Waals surface area contributed by atoms with Crippen molar-refractivity contribution in [2.75, 3.05) is 23.7 Å². The Labute approximate surface area is 164 Å². The van der Waals surface area contributed by atoms with E-state index in [1.54, 1.807) is 0 Å². The average Bonchev–Trinajstić information content (AvgIpc) is 2.65. The maximum absolute atomic E-state index is 12.1. The van der Waals surface area contributed by atoms with Gasteiger partial charge in [0.1, 0.15) is 0 Å². The monoisotopic (exact) mass is 405 g/mol. The van der Waals surface area contributed by atoms with Crippen molar-refractivity contribution in [1.29, 1.82) is 0 Å². The van der Waals surface area contributed by atoms with Crippen molar-refractivity contribution in [2.45, 2.75) is 19.3 Å². The molecule has 0 bridgehead atoms.